The monoisotopic (exact) mass is 452 g/mol. The van der Waals surface area contributed by atoms with E-state index in [9.17, 15) is 14.7 Å². The molecular weight excluding hydrogens is 420 g/mol. The molecule has 1 saturated carbocycles. The second kappa shape index (κ2) is 9.59. The Kier molecular flexibility index (Phi) is 6.40. The van der Waals surface area contributed by atoms with Gasteiger partial charge in [0.05, 0.1) is 37.3 Å². The first kappa shape index (κ1) is 22.0. The molecule has 0 radical (unpaired) electrons. The number of furan rings is 1. The van der Waals surface area contributed by atoms with Crippen molar-refractivity contribution in [3.63, 3.8) is 0 Å². The third-order valence-corrected chi connectivity index (χ3v) is 7.59. The van der Waals surface area contributed by atoms with E-state index in [4.69, 9.17) is 9.15 Å². The van der Waals surface area contributed by atoms with E-state index < -0.39 is 5.97 Å². The van der Waals surface area contributed by atoms with Crippen LogP contribution in [0.1, 0.15) is 72.0 Å². The fourth-order valence-electron chi connectivity index (χ4n) is 6.00. The molecule has 1 saturated heterocycles. The highest BCUT2D eigenvalue weighted by molar-refractivity contribution is 5.90. The topological polar surface area (TPSA) is 83.2 Å². The number of carbonyl (C=O) groups is 2. The van der Waals surface area contributed by atoms with Crippen LogP contribution in [0.2, 0.25) is 0 Å². The number of ether oxygens (including phenoxy) is 1. The van der Waals surface area contributed by atoms with Gasteiger partial charge in [-0.2, -0.15) is 0 Å². The molecule has 2 aromatic rings. The summed E-state index contributed by atoms with van der Waals surface area (Å²) in [5, 5.41) is 9.65. The summed E-state index contributed by atoms with van der Waals surface area (Å²) >= 11 is 0. The summed E-state index contributed by atoms with van der Waals surface area (Å²) < 4.78 is 10.9. The molecule has 33 heavy (non-hydrogen) atoms. The van der Waals surface area contributed by atoms with Crippen LogP contribution in [0.25, 0.3) is 0 Å². The number of carboxylic acids is 1. The number of amides is 1. The van der Waals surface area contributed by atoms with Gasteiger partial charge in [-0.15, -0.1) is 0 Å². The van der Waals surface area contributed by atoms with Crippen LogP contribution in [0, 0.1) is 5.92 Å². The van der Waals surface area contributed by atoms with Crippen LogP contribution < -0.4 is 4.90 Å². The quantitative estimate of drug-likeness (QED) is 0.697. The fraction of sp³-hybridized carbons (Fsp3) is 0.538. The number of carboxylic acid groups (broad SMARTS) is 1. The summed E-state index contributed by atoms with van der Waals surface area (Å²) in [5.41, 5.74) is 3.54. The van der Waals surface area contributed by atoms with E-state index in [1.807, 2.05) is 17.0 Å². The SMILES string of the molecule is O=C(O)c1ccc2c(c1)N(CCC(=O)N1CCOCC1)C(c1ccoc1)C2C1CCCCC1. The Hall–Kier alpha value is -2.80. The minimum atomic E-state index is -0.928. The lowest BCUT2D eigenvalue weighted by Crippen LogP contribution is -2.42. The molecule has 0 spiro atoms. The summed E-state index contributed by atoms with van der Waals surface area (Å²) in [7, 11) is 0. The Morgan fingerprint density at radius 3 is 2.55 bits per heavy atom. The molecule has 0 bridgehead atoms. The van der Waals surface area contributed by atoms with Gasteiger partial charge in [0.15, 0.2) is 0 Å². The van der Waals surface area contributed by atoms with Crippen molar-refractivity contribution in [2.24, 2.45) is 5.92 Å². The van der Waals surface area contributed by atoms with Gasteiger partial charge < -0.3 is 24.1 Å². The molecule has 3 heterocycles. The number of carbonyl (C=O) groups excluding carboxylic acids is 1. The molecule has 2 atom stereocenters. The highest BCUT2D eigenvalue weighted by Gasteiger charge is 2.44. The highest BCUT2D eigenvalue weighted by atomic mass is 16.5. The maximum atomic E-state index is 12.9. The molecule has 176 valence electrons. The number of aromatic carboxylic acids is 1. The number of anilines is 1. The van der Waals surface area contributed by atoms with Crippen LogP contribution in [-0.2, 0) is 9.53 Å². The number of hydrogen-bond donors (Lipinski definition) is 1. The number of nitrogens with zero attached hydrogens (tertiary/aromatic N) is 2. The van der Waals surface area contributed by atoms with Crippen molar-refractivity contribution >= 4 is 17.6 Å². The molecule has 7 nitrogen and oxygen atoms in total. The standard InChI is InChI=1S/C26H32N2O5/c29-23(27-11-14-32-15-12-27)8-10-28-22-16-19(26(30)31)6-7-21(22)24(18-4-2-1-3-5-18)25(28)20-9-13-33-17-20/h6-7,9,13,16-18,24-25H,1-5,8,10-12,14-15H2,(H,30,31). The molecule has 1 aromatic heterocycles. The Balaban J connectivity index is 1.49. The van der Waals surface area contributed by atoms with E-state index in [0.717, 1.165) is 11.3 Å². The molecule has 1 amide bonds. The van der Waals surface area contributed by atoms with E-state index in [2.05, 4.69) is 4.90 Å². The third-order valence-electron chi connectivity index (χ3n) is 7.59. The minimum Gasteiger partial charge on any atom is -0.478 e. The molecule has 2 fully saturated rings. The van der Waals surface area contributed by atoms with Crippen molar-refractivity contribution in [3.8, 4) is 0 Å². The molecule has 2 unspecified atom stereocenters. The lowest BCUT2D eigenvalue weighted by Gasteiger charge is -2.35. The first-order valence-corrected chi connectivity index (χ1v) is 12.1. The van der Waals surface area contributed by atoms with E-state index in [-0.39, 0.29) is 23.4 Å². The lowest BCUT2D eigenvalue weighted by atomic mass is 9.73. The van der Waals surface area contributed by atoms with Gasteiger partial charge in [0, 0.05) is 43.2 Å². The first-order valence-electron chi connectivity index (χ1n) is 12.1. The second-order valence-electron chi connectivity index (χ2n) is 9.44. The summed E-state index contributed by atoms with van der Waals surface area (Å²) in [6, 6.07) is 7.60. The van der Waals surface area contributed by atoms with Gasteiger partial charge in [0.1, 0.15) is 0 Å². The maximum absolute atomic E-state index is 12.9. The zero-order valence-corrected chi connectivity index (χ0v) is 18.9. The highest BCUT2D eigenvalue weighted by Crippen LogP contribution is 2.55. The van der Waals surface area contributed by atoms with Gasteiger partial charge in [-0.3, -0.25) is 4.79 Å². The Morgan fingerprint density at radius 1 is 1.06 bits per heavy atom. The van der Waals surface area contributed by atoms with Crippen molar-refractivity contribution in [1.29, 1.82) is 0 Å². The smallest absolute Gasteiger partial charge is 0.335 e. The summed E-state index contributed by atoms with van der Waals surface area (Å²) in [4.78, 5) is 28.9. The molecule has 3 aliphatic rings. The van der Waals surface area contributed by atoms with Crippen LogP contribution in [0.5, 0.6) is 0 Å². The number of fused-ring (bicyclic) bond motifs is 1. The van der Waals surface area contributed by atoms with Crippen molar-refractivity contribution in [1.82, 2.24) is 4.90 Å². The second-order valence-corrected chi connectivity index (χ2v) is 9.44. The summed E-state index contributed by atoms with van der Waals surface area (Å²) in [6.45, 7) is 2.98. The molecule has 1 N–H and O–H groups in total. The van der Waals surface area contributed by atoms with E-state index >= 15 is 0 Å². The zero-order valence-electron chi connectivity index (χ0n) is 18.9. The molecule has 1 aromatic carbocycles. The van der Waals surface area contributed by atoms with Gasteiger partial charge in [0.25, 0.3) is 0 Å². The van der Waals surface area contributed by atoms with Gasteiger partial charge in [-0.25, -0.2) is 4.79 Å². The molecule has 1 aliphatic carbocycles. The predicted molar refractivity (Wildman–Crippen MR) is 124 cm³/mol. The fourth-order valence-corrected chi connectivity index (χ4v) is 6.00. The number of benzene rings is 1. The molecule has 2 aliphatic heterocycles. The molecule has 5 rings (SSSR count). The zero-order chi connectivity index (χ0) is 22.8. The summed E-state index contributed by atoms with van der Waals surface area (Å²) in [6.07, 6.45) is 10.0. The number of hydrogen-bond acceptors (Lipinski definition) is 5. The predicted octanol–water partition coefficient (Wildman–Crippen LogP) is 4.45. The third kappa shape index (κ3) is 4.38. The van der Waals surface area contributed by atoms with Crippen LogP contribution in [0.3, 0.4) is 0 Å². The normalized spacial score (nSPS) is 23.5. The van der Waals surface area contributed by atoms with E-state index in [1.54, 1.807) is 24.7 Å². The van der Waals surface area contributed by atoms with Crippen molar-refractivity contribution in [2.75, 3.05) is 37.7 Å². The lowest BCUT2D eigenvalue weighted by molar-refractivity contribution is -0.135. The van der Waals surface area contributed by atoms with Gasteiger partial charge in [0.2, 0.25) is 5.91 Å². The average Bonchev–Trinajstić information content (AvgIpc) is 3.49. The first-order chi connectivity index (χ1) is 16.1. The Bertz CT molecular complexity index is 977. The average molecular weight is 453 g/mol. The van der Waals surface area contributed by atoms with Crippen LogP contribution in [-0.4, -0.2) is 54.7 Å². The number of morpholine rings is 1. The van der Waals surface area contributed by atoms with E-state index in [0.29, 0.717) is 45.2 Å². The van der Waals surface area contributed by atoms with Crippen molar-refractivity contribution < 1.29 is 23.8 Å². The van der Waals surface area contributed by atoms with Gasteiger partial charge in [-0.05, 0) is 42.5 Å². The van der Waals surface area contributed by atoms with Crippen molar-refractivity contribution in [3.05, 3.63) is 53.5 Å². The molecule has 7 heteroatoms. The summed E-state index contributed by atoms with van der Waals surface area (Å²) in [5.74, 6) is -0.00308. The molecular formula is C26H32N2O5. The van der Waals surface area contributed by atoms with Crippen molar-refractivity contribution in [2.45, 2.75) is 50.5 Å². The Labute approximate surface area is 194 Å². The Morgan fingerprint density at radius 2 is 1.85 bits per heavy atom. The van der Waals surface area contributed by atoms with Gasteiger partial charge in [-0.1, -0.05) is 25.3 Å². The maximum Gasteiger partial charge on any atom is 0.335 e. The number of rotatable bonds is 6. The van der Waals surface area contributed by atoms with E-state index in [1.165, 1.54) is 37.7 Å². The van der Waals surface area contributed by atoms with Crippen LogP contribution in [0.4, 0.5) is 5.69 Å². The van der Waals surface area contributed by atoms with Crippen LogP contribution >= 0.6 is 0 Å². The van der Waals surface area contributed by atoms with Crippen LogP contribution in [0.15, 0.2) is 41.2 Å². The van der Waals surface area contributed by atoms with Gasteiger partial charge >= 0.3 is 5.97 Å². The largest absolute Gasteiger partial charge is 0.478 e. The minimum absolute atomic E-state index is 0.0448.